The summed E-state index contributed by atoms with van der Waals surface area (Å²) < 4.78 is 15.9. The van der Waals surface area contributed by atoms with E-state index in [9.17, 15) is 10.1 Å². The normalized spacial score (nSPS) is 19.5. The van der Waals surface area contributed by atoms with Crippen molar-refractivity contribution in [3.05, 3.63) is 28.3 Å². The van der Waals surface area contributed by atoms with Crippen molar-refractivity contribution in [2.75, 3.05) is 19.9 Å². The van der Waals surface area contributed by atoms with Crippen molar-refractivity contribution in [1.29, 1.82) is 5.26 Å². The van der Waals surface area contributed by atoms with E-state index in [1.54, 1.807) is 12.1 Å². The zero-order chi connectivity index (χ0) is 16.2. The van der Waals surface area contributed by atoms with Gasteiger partial charge in [0.05, 0.1) is 11.1 Å². The van der Waals surface area contributed by atoms with Gasteiger partial charge in [-0.25, -0.2) is 0 Å². The van der Waals surface area contributed by atoms with Crippen LogP contribution in [0.5, 0.6) is 11.5 Å². The number of hydrogen-bond donors (Lipinski definition) is 1. The summed E-state index contributed by atoms with van der Waals surface area (Å²) in [6.07, 6.45) is 3.37. The fourth-order valence-electron chi connectivity index (χ4n) is 2.45. The Bertz CT molecular complexity index is 690. The zero-order valence-corrected chi connectivity index (χ0v) is 13.1. The van der Waals surface area contributed by atoms with E-state index in [0.717, 1.165) is 12.8 Å². The molecule has 23 heavy (non-hydrogen) atoms. The summed E-state index contributed by atoms with van der Waals surface area (Å²) in [5.74, 6) is 0.642. The number of rotatable bonds is 4. The predicted octanol–water partition coefficient (Wildman–Crippen LogP) is 2.27. The summed E-state index contributed by atoms with van der Waals surface area (Å²) in [5, 5.41) is 12.3. The van der Waals surface area contributed by atoms with Crippen LogP contribution in [0, 0.1) is 11.3 Å². The number of amides is 1. The number of nitriles is 1. The van der Waals surface area contributed by atoms with Gasteiger partial charge in [-0.3, -0.25) is 4.79 Å². The van der Waals surface area contributed by atoms with E-state index in [-0.39, 0.29) is 18.5 Å². The van der Waals surface area contributed by atoms with Gasteiger partial charge in [0.1, 0.15) is 11.6 Å². The highest BCUT2D eigenvalue weighted by Crippen LogP contribution is 2.37. The Balaban J connectivity index is 1.73. The van der Waals surface area contributed by atoms with Crippen LogP contribution in [0.2, 0.25) is 5.02 Å². The number of fused-ring (bicyclic) bond motifs is 1. The predicted molar refractivity (Wildman–Crippen MR) is 83.1 cm³/mol. The molecular formula is C16H15ClN2O4. The van der Waals surface area contributed by atoms with Gasteiger partial charge in [-0.05, 0) is 30.5 Å². The van der Waals surface area contributed by atoms with E-state index in [2.05, 4.69) is 5.32 Å². The molecule has 0 aliphatic carbocycles. The molecule has 0 radical (unpaired) electrons. The molecule has 1 amide bonds. The topological polar surface area (TPSA) is 80.6 Å². The van der Waals surface area contributed by atoms with Crippen LogP contribution in [0.25, 0.3) is 6.08 Å². The number of hydrogen-bond acceptors (Lipinski definition) is 5. The Hall–Kier alpha value is -2.23. The molecule has 1 atom stereocenters. The highest BCUT2D eigenvalue weighted by Gasteiger charge is 2.19. The number of nitrogens with one attached hydrogen (secondary N) is 1. The Labute approximate surface area is 138 Å². The van der Waals surface area contributed by atoms with E-state index in [1.807, 2.05) is 6.07 Å². The molecule has 1 aromatic carbocycles. The summed E-state index contributed by atoms with van der Waals surface area (Å²) in [7, 11) is 0. The van der Waals surface area contributed by atoms with Crippen LogP contribution < -0.4 is 14.8 Å². The van der Waals surface area contributed by atoms with E-state index >= 15 is 0 Å². The molecule has 3 rings (SSSR count). The quantitative estimate of drug-likeness (QED) is 0.675. The molecule has 1 unspecified atom stereocenters. The van der Waals surface area contributed by atoms with Crippen LogP contribution in [-0.2, 0) is 9.53 Å². The van der Waals surface area contributed by atoms with Crippen LogP contribution in [0.4, 0.5) is 0 Å². The van der Waals surface area contributed by atoms with Gasteiger partial charge in [0.25, 0.3) is 5.91 Å². The number of benzene rings is 1. The molecule has 0 saturated carbocycles. The van der Waals surface area contributed by atoms with Crippen LogP contribution in [0.15, 0.2) is 17.7 Å². The van der Waals surface area contributed by atoms with Crippen molar-refractivity contribution in [2.45, 2.75) is 18.9 Å². The van der Waals surface area contributed by atoms with Gasteiger partial charge in [-0.2, -0.15) is 5.26 Å². The van der Waals surface area contributed by atoms with E-state index in [0.29, 0.717) is 35.2 Å². The lowest BCUT2D eigenvalue weighted by Crippen LogP contribution is -2.32. The summed E-state index contributed by atoms with van der Waals surface area (Å²) in [6, 6.07) is 5.15. The van der Waals surface area contributed by atoms with Gasteiger partial charge >= 0.3 is 0 Å². The summed E-state index contributed by atoms with van der Waals surface area (Å²) >= 11 is 6.15. The third-order valence-electron chi connectivity index (χ3n) is 3.67. The van der Waals surface area contributed by atoms with Gasteiger partial charge in [-0.15, -0.1) is 0 Å². The number of carbonyl (C=O) groups is 1. The minimum absolute atomic E-state index is 0.0213. The third-order valence-corrected chi connectivity index (χ3v) is 4.00. The molecule has 120 valence electrons. The monoisotopic (exact) mass is 334 g/mol. The van der Waals surface area contributed by atoms with E-state index in [4.69, 9.17) is 25.8 Å². The van der Waals surface area contributed by atoms with Crippen LogP contribution in [-0.4, -0.2) is 32.0 Å². The molecule has 0 aromatic heterocycles. The fraction of sp³-hybridized carbons (Fsp3) is 0.375. The van der Waals surface area contributed by atoms with E-state index < -0.39 is 5.91 Å². The molecule has 2 aliphatic heterocycles. The van der Waals surface area contributed by atoms with Gasteiger partial charge in [0.2, 0.25) is 6.79 Å². The fourth-order valence-corrected chi connectivity index (χ4v) is 2.66. The average Bonchev–Trinajstić information content (AvgIpc) is 3.21. The van der Waals surface area contributed by atoms with Crippen molar-refractivity contribution < 1.29 is 19.0 Å². The Morgan fingerprint density at radius 1 is 1.43 bits per heavy atom. The van der Waals surface area contributed by atoms with Crippen molar-refractivity contribution in [2.24, 2.45) is 0 Å². The van der Waals surface area contributed by atoms with Gasteiger partial charge in [0, 0.05) is 19.2 Å². The first-order valence-electron chi connectivity index (χ1n) is 7.28. The van der Waals surface area contributed by atoms with Crippen LogP contribution in [0.1, 0.15) is 18.4 Å². The van der Waals surface area contributed by atoms with Crippen molar-refractivity contribution in [3.8, 4) is 17.6 Å². The maximum Gasteiger partial charge on any atom is 0.262 e. The standard InChI is InChI=1S/C16H15ClN2O4/c17-13-6-15-14(22-9-23-15)5-10(13)4-11(7-18)16(20)19-8-12-2-1-3-21-12/h4-6,12H,1-3,8-9H2,(H,19,20)/b11-4-. The highest BCUT2D eigenvalue weighted by atomic mass is 35.5. The molecule has 2 heterocycles. The number of halogens is 1. The second-order valence-electron chi connectivity index (χ2n) is 5.24. The number of carbonyl (C=O) groups excluding carboxylic acids is 1. The largest absolute Gasteiger partial charge is 0.454 e. The average molecular weight is 335 g/mol. The minimum atomic E-state index is -0.447. The number of ether oxygens (including phenoxy) is 3. The molecule has 0 spiro atoms. The summed E-state index contributed by atoms with van der Waals surface area (Å²) in [5.41, 5.74) is 0.503. The molecule has 2 aliphatic rings. The second kappa shape index (κ2) is 6.90. The van der Waals surface area contributed by atoms with Crippen LogP contribution in [0.3, 0.4) is 0 Å². The molecule has 1 N–H and O–H groups in total. The third kappa shape index (κ3) is 3.58. The first kappa shape index (κ1) is 15.7. The van der Waals surface area contributed by atoms with E-state index in [1.165, 1.54) is 6.08 Å². The molecule has 1 saturated heterocycles. The van der Waals surface area contributed by atoms with Gasteiger partial charge < -0.3 is 19.5 Å². The van der Waals surface area contributed by atoms with Crippen LogP contribution >= 0.6 is 11.6 Å². The zero-order valence-electron chi connectivity index (χ0n) is 12.3. The first-order valence-corrected chi connectivity index (χ1v) is 7.66. The molecule has 7 heteroatoms. The molecular weight excluding hydrogens is 320 g/mol. The lowest BCUT2D eigenvalue weighted by molar-refractivity contribution is -0.117. The minimum Gasteiger partial charge on any atom is -0.454 e. The Kier molecular flexibility index (Phi) is 4.70. The molecule has 1 fully saturated rings. The molecule has 6 nitrogen and oxygen atoms in total. The van der Waals surface area contributed by atoms with Crippen molar-refractivity contribution in [3.63, 3.8) is 0 Å². The van der Waals surface area contributed by atoms with Gasteiger partial charge in [0.15, 0.2) is 11.5 Å². The van der Waals surface area contributed by atoms with Crippen molar-refractivity contribution >= 4 is 23.6 Å². The first-order chi connectivity index (χ1) is 11.2. The highest BCUT2D eigenvalue weighted by molar-refractivity contribution is 6.32. The van der Waals surface area contributed by atoms with Gasteiger partial charge in [-0.1, -0.05) is 11.6 Å². The summed E-state index contributed by atoms with van der Waals surface area (Å²) in [4.78, 5) is 12.1. The Morgan fingerprint density at radius 2 is 2.22 bits per heavy atom. The number of nitrogens with zero attached hydrogens (tertiary/aromatic N) is 1. The SMILES string of the molecule is N#C/C(=C/c1cc2c(cc1Cl)OCO2)C(=O)NCC1CCCO1. The van der Waals surface area contributed by atoms with Crippen molar-refractivity contribution in [1.82, 2.24) is 5.32 Å². The smallest absolute Gasteiger partial charge is 0.262 e. The summed E-state index contributed by atoms with van der Waals surface area (Å²) in [6.45, 7) is 1.24. The second-order valence-corrected chi connectivity index (χ2v) is 5.65. The molecule has 0 bridgehead atoms. The maximum atomic E-state index is 12.1. The Morgan fingerprint density at radius 3 is 2.91 bits per heavy atom. The molecule has 1 aromatic rings. The lowest BCUT2D eigenvalue weighted by Gasteiger charge is -2.10. The maximum absolute atomic E-state index is 12.1. The lowest BCUT2D eigenvalue weighted by atomic mass is 10.1.